The minimum atomic E-state index is -0.738. The highest BCUT2D eigenvalue weighted by Crippen LogP contribution is 2.25. The van der Waals surface area contributed by atoms with Gasteiger partial charge in [-0.3, -0.25) is 19.5 Å². The van der Waals surface area contributed by atoms with Crippen LogP contribution in [0.15, 0.2) is 60.7 Å². The van der Waals surface area contributed by atoms with Crippen LogP contribution in [0.1, 0.15) is 17.0 Å². The molecule has 2 N–H and O–H groups in total. The van der Waals surface area contributed by atoms with Crippen LogP contribution in [0.25, 0.3) is 11.4 Å². The van der Waals surface area contributed by atoms with Crippen LogP contribution in [0.4, 0.5) is 5.69 Å². The Kier molecular flexibility index (Phi) is 6.64. The molecule has 0 aliphatic carbocycles. The Balaban J connectivity index is 1.37. The quantitative estimate of drug-likeness (QED) is 0.581. The molecule has 1 aliphatic heterocycles. The third kappa shape index (κ3) is 4.94. The Hall–Kier alpha value is -4.52. The number of aromatic amines is 1. The second-order valence-electron chi connectivity index (χ2n) is 8.01. The Morgan fingerprint density at radius 3 is 2.50 bits per heavy atom. The van der Waals surface area contributed by atoms with Crippen LogP contribution in [-0.4, -0.2) is 68.9 Å². The number of hydrogen-bond donors (Lipinski definition) is 2. The number of rotatable bonds is 6. The number of aromatic nitrogens is 3. The SMILES string of the molecule is CN(CC(=O)N1CC(C(=O)Nc2ccccc2)CC1C#N)C(=O)c1nc(-c2ccccc2)n[nH]1. The highest BCUT2D eigenvalue weighted by atomic mass is 16.2. The number of nitriles is 1. The number of likely N-dealkylation sites (tertiary alicyclic amines) is 1. The van der Waals surface area contributed by atoms with Gasteiger partial charge in [-0.05, 0) is 18.6 Å². The zero-order valence-electron chi connectivity index (χ0n) is 18.5. The van der Waals surface area contributed by atoms with Crippen molar-refractivity contribution in [3.05, 3.63) is 66.5 Å². The number of carbonyl (C=O) groups excluding carboxylic acids is 3. The summed E-state index contributed by atoms with van der Waals surface area (Å²) >= 11 is 0. The van der Waals surface area contributed by atoms with E-state index in [-0.39, 0.29) is 31.2 Å². The fourth-order valence-corrected chi connectivity index (χ4v) is 3.81. The maximum absolute atomic E-state index is 12.9. The van der Waals surface area contributed by atoms with Gasteiger partial charge < -0.3 is 15.1 Å². The van der Waals surface area contributed by atoms with Gasteiger partial charge in [0.1, 0.15) is 6.04 Å². The molecule has 0 spiro atoms. The monoisotopic (exact) mass is 457 g/mol. The Labute approximate surface area is 196 Å². The Bertz CT molecular complexity index is 1220. The summed E-state index contributed by atoms with van der Waals surface area (Å²) in [6.07, 6.45) is 0.237. The Morgan fingerprint density at radius 1 is 1.15 bits per heavy atom. The second-order valence-corrected chi connectivity index (χ2v) is 8.01. The molecule has 3 amide bonds. The van der Waals surface area contributed by atoms with E-state index in [2.05, 4.69) is 26.6 Å². The lowest BCUT2D eigenvalue weighted by Gasteiger charge is -2.23. The fraction of sp³-hybridized carbons (Fsp3) is 0.250. The van der Waals surface area contributed by atoms with E-state index in [0.29, 0.717) is 11.5 Å². The minimum Gasteiger partial charge on any atom is -0.330 e. The van der Waals surface area contributed by atoms with E-state index in [1.807, 2.05) is 48.5 Å². The number of para-hydroxylation sites is 1. The van der Waals surface area contributed by atoms with Gasteiger partial charge in [-0.25, -0.2) is 4.98 Å². The standard InChI is InChI=1S/C24H23N7O3/c1-30(24(34)22-27-21(28-29-22)16-8-4-2-5-9-16)15-20(32)31-14-17(12-19(31)13-25)23(33)26-18-10-6-3-7-11-18/h2-11,17,19H,12,14-15H2,1H3,(H,26,33)(H,27,28,29). The number of hydrogen-bond acceptors (Lipinski definition) is 6. The number of amides is 3. The summed E-state index contributed by atoms with van der Waals surface area (Å²) in [4.78, 5) is 45.1. The van der Waals surface area contributed by atoms with Crippen molar-refractivity contribution in [3.63, 3.8) is 0 Å². The largest absolute Gasteiger partial charge is 0.330 e. The molecule has 0 radical (unpaired) electrons. The van der Waals surface area contributed by atoms with Crippen molar-refractivity contribution in [2.45, 2.75) is 12.5 Å². The van der Waals surface area contributed by atoms with E-state index in [4.69, 9.17) is 0 Å². The number of carbonyl (C=O) groups is 3. The summed E-state index contributed by atoms with van der Waals surface area (Å²) in [5.74, 6) is -1.30. The molecule has 2 aromatic carbocycles. The van der Waals surface area contributed by atoms with Crippen molar-refractivity contribution in [3.8, 4) is 17.5 Å². The van der Waals surface area contributed by atoms with Crippen LogP contribution >= 0.6 is 0 Å². The highest BCUT2D eigenvalue weighted by molar-refractivity contribution is 5.95. The van der Waals surface area contributed by atoms with E-state index in [0.717, 1.165) is 5.56 Å². The predicted octanol–water partition coefficient (Wildman–Crippen LogP) is 1.92. The number of nitrogens with one attached hydrogen (secondary N) is 2. The lowest BCUT2D eigenvalue weighted by Crippen LogP contribution is -2.43. The summed E-state index contributed by atoms with van der Waals surface area (Å²) < 4.78 is 0. The van der Waals surface area contributed by atoms with Gasteiger partial charge in [0.05, 0.1) is 18.5 Å². The third-order valence-electron chi connectivity index (χ3n) is 5.62. The summed E-state index contributed by atoms with van der Waals surface area (Å²) in [6, 6.07) is 19.5. The molecule has 4 rings (SSSR count). The van der Waals surface area contributed by atoms with Crippen LogP contribution in [-0.2, 0) is 9.59 Å². The number of likely N-dealkylation sites (N-methyl/N-ethyl adjacent to an activating group) is 1. The molecular weight excluding hydrogens is 434 g/mol. The molecule has 1 saturated heterocycles. The maximum Gasteiger partial charge on any atom is 0.291 e. The first-order valence-corrected chi connectivity index (χ1v) is 10.7. The van der Waals surface area contributed by atoms with Crippen LogP contribution in [0.5, 0.6) is 0 Å². The first-order chi connectivity index (χ1) is 16.5. The van der Waals surface area contributed by atoms with E-state index in [1.54, 1.807) is 12.1 Å². The molecular formula is C24H23N7O3. The first kappa shape index (κ1) is 22.7. The van der Waals surface area contributed by atoms with E-state index < -0.39 is 23.8 Å². The summed E-state index contributed by atoms with van der Waals surface area (Å²) in [6.45, 7) is -0.149. The summed E-state index contributed by atoms with van der Waals surface area (Å²) in [5, 5.41) is 19.0. The zero-order valence-corrected chi connectivity index (χ0v) is 18.5. The molecule has 2 unspecified atom stereocenters. The third-order valence-corrected chi connectivity index (χ3v) is 5.62. The van der Waals surface area contributed by atoms with Crippen LogP contribution in [0.3, 0.4) is 0 Å². The molecule has 10 heteroatoms. The summed E-state index contributed by atoms with van der Waals surface area (Å²) in [7, 11) is 1.47. The molecule has 172 valence electrons. The lowest BCUT2D eigenvalue weighted by atomic mass is 10.1. The van der Waals surface area contributed by atoms with Crippen molar-refractivity contribution in [1.29, 1.82) is 5.26 Å². The zero-order chi connectivity index (χ0) is 24.1. The number of nitrogens with zero attached hydrogens (tertiary/aromatic N) is 5. The molecule has 10 nitrogen and oxygen atoms in total. The van der Waals surface area contributed by atoms with Crippen LogP contribution in [0.2, 0.25) is 0 Å². The van der Waals surface area contributed by atoms with Gasteiger partial charge in [0.2, 0.25) is 17.6 Å². The minimum absolute atomic E-state index is 0.00697. The maximum atomic E-state index is 12.9. The van der Waals surface area contributed by atoms with Gasteiger partial charge in [-0.15, -0.1) is 0 Å². The van der Waals surface area contributed by atoms with Crippen molar-refractivity contribution >= 4 is 23.4 Å². The van der Waals surface area contributed by atoms with Gasteiger partial charge in [0.25, 0.3) is 5.91 Å². The second kappa shape index (κ2) is 9.95. The average Bonchev–Trinajstić information content (AvgIpc) is 3.52. The highest BCUT2D eigenvalue weighted by Gasteiger charge is 2.39. The number of benzene rings is 2. The molecule has 0 saturated carbocycles. The van der Waals surface area contributed by atoms with Crippen LogP contribution < -0.4 is 5.32 Å². The van der Waals surface area contributed by atoms with E-state index >= 15 is 0 Å². The molecule has 1 fully saturated rings. The van der Waals surface area contributed by atoms with E-state index in [1.165, 1.54) is 16.8 Å². The molecule has 34 heavy (non-hydrogen) atoms. The van der Waals surface area contributed by atoms with Gasteiger partial charge >= 0.3 is 0 Å². The molecule has 0 bridgehead atoms. The van der Waals surface area contributed by atoms with Crippen molar-refractivity contribution in [1.82, 2.24) is 25.0 Å². The molecule has 3 aromatic rings. The average molecular weight is 457 g/mol. The van der Waals surface area contributed by atoms with Gasteiger partial charge in [-0.2, -0.15) is 10.4 Å². The van der Waals surface area contributed by atoms with Crippen molar-refractivity contribution in [2.75, 3.05) is 25.5 Å². The Morgan fingerprint density at radius 2 is 1.82 bits per heavy atom. The normalized spacial score (nSPS) is 17.1. The first-order valence-electron chi connectivity index (χ1n) is 10.7. The van der Waals surface area contributed by atoms with Gasteiger partial charge in [0, 0.05) is 24.8 Å². The van der Waals surface area contributed by atoms with E-state index in [9.17, 15) is 19.6 Å². The smallest absolute Gasteiger partial charge is 0.291 e. The fourth-order valence-electron chi connectivity index (χ4n) is 3.81. The van der Waals surface area contributed by atoms with Crippen LogP contribution in [0, 0.1) is 17.2 Å². The van der Waals surface area contributed by atoms with Crippen molar-refractivity contribution in [2.24, 2.45) is 5.92 Å². The molecule has 1 aliphatic rings. The van der Waals surface area contributed by atoms with Gasteiger partial charge in [0.15, 0.2) is 5.82 Å². The van der Waals surface area contributed by atoms with Gasteiger partial charge in [-0.1, -0.05) is 48.5 Å². The molecule has 2 atom stereocenters. The summed E-state index contributed by atoms with van der Waals surface area (Å²) in [5.41, 5.74) is 1.41. The topological polar surface area (TPSA) is 135 Å². The lowest BCUT2D eigenvalue weighted by molar-refractivity contribution is -0.131. The predicted molar refractivity (Wildman–Crippen MR) is 123 cm³/mol. The van der Waals surface area contributed by atoms with Crippen molar-refractivity contribution < 1.29 is 14.4 Å². The number of anilines is 1. The molecule has 1 aromatic heterocycles. The molecule has 2 heterocycles. The number of H-pyrrole nitrogens is 1.